The Morgan fingerprint density at radius 3 is 2.88 bits per heavy atom. The molecule has 2 aliphatic carbocycles. The Balaban J connectivity index is 1.70. The number of halogens is 3. The molecule has 1 aromatic heterocycles. The predicted molar refractivity (Wildman–Crippen MR) is 84.7 cm³/mol. The van der Waals surface area contributed by atoms with E-state index in [4.69, 9.17) is 0 Å². The lowest BCUT2D eigenvalue weighted by atomic mass is 9.82. The number of carbonyl (C=O) groups excluding carboxylic acids is 1. The van der Waals surface area contributed by atoms with Gasteiger partial charge >= 0.3 is 0 Å². The van der Waals surface area contributed by atoms with Crippen molar-refractivity contribution in [2.24, 2.45) is 0 Å². The molecule has 0 aliphatic heterocycles. The molecule has 0 spiro atoms. The van der Waals surface area contributed by atoms with Crippen molar-refractivity contribution >= 4 is 5.91 Å². The normalized spacial score (nSPS) is 23.8. The zero-order valence-electron chi connectivity index (χ0n) is 13.3. The molecule has 2 atom stereocenters. The predicted octanol–water partition coefficient (Wildman–Crippen LogP) is 3.18. The van der Waals surface area contributed by atoms with Crippen LogP contribution in [0.15, 0.2) is 30.3 Å². The summed E-state index contributed by atoms with van der Waals surface area (Å²) in [6, 6.07) is 8.09. The number of hydrogen-bond donors (Lipinski definition) is 1. The summed E-state index contributed by atoms with van der Waals surface area (Å²) < 4.78 is 38.8. The third-order valence-corrected chi connectivity index (χ3v) is 5.23. The summed E-state index contributed by atoms with van der Waals surface area (Å²) in [7, 11) is 0. The molecule has 130 valence electrons. The van der Waals surface area contributed by atoms with Gasteiger partial charge in [0.1, 0.15) is 5.82 Å². The van der Waals surface area contributed by atoms with Crippen LogP contribution < -0.4 is 5.32 Å². The van der Waals surface area contributed by atoms with Crippen LogP contribution in [0.4, 0.5) is 13.2 Å². The third-order valence-electron chi connectivity index (χ3n) is 5.23. The van der Waals surface area contributed by atoms with Crippen LogP contribution in [-0.2, 0) is 10.2 Å². The molecular formula is C18H16F3N3O. The fourth-order valence-electron chi connectivity index (χ4n) is 4.07. The number of aromatic nitrogens is 2. The van der Waals surface area contributed by atoms with Gasteiger partial charge in [0.2, 0.25) is 5.91 Å². The Labute approximate surface area is 142 Å². The molecule has 0 unspecified atom stereocenters. The minimum absolute atomic E-state index is 0.133. The molecule has 4 rings (SSSR count). The van der Waals surface area contributed by atoms with Crippen molar-refractivity contribution in [3.8, 4) is 11.3 Å². The van der Waals surface area contributed by atoms with Gasteiger partial charge in [-0.25, -0.2) is 13.2 Å². The maximum absolute atomic E-state index is 14.0. The number of carbonyl (C=O) groups is 1. The van der Waals surface area contributed by atoms with Gasteiger partial charge in [0.05, 0.1) is 23.3 Å². The molecule has 25 heavy (non-hydrogen) atoms. The van der Waals surface area contributed by atoms with E-state index in [9.17, 15) is 18.0 Å². The molecular weight excluding hydrogens is 331 g/mol. The van der Waals surface area contributed by atoms with Gasteiger partial charge in [-0.2, -0.15) is 10.2 Å². The van der Waals surface area contributed by atoms with E-state index in [1.165, 1.54) is 6.07 Å². The van der Waals surface area contributed by atoms with Gasteiger partial charge in [-0.05, 0) is 48.9 Å². The molecule has 1 saturated carbocycles. The number of fused-ring (bicyclic) bond motifs is 5. The average Bonchev–Trinajstić information content (AvgIpc) is 3.18. The fraction of sp³-hybridized carbons (Fsp3) is 0.389. The first-order chi connectivity index (χ1) is 12.0. The van der Waals surface area contributed by atoms with Crippen LogP contribution in [0.1, 0.15) is 36.4 Å². The van der Waals surface area contributed by atoms with Crippen LogP contribution >= 0.6 is 0 Å². The van der Waals surface area contributed by atoms with E-state index in [1.54, 1.807) is 24.3 Å². The van der Waals surface area contributed by atoms with E-state index in [1.807, 2.05) is 0 Å². The van der Waals surface area contributed by atoms with Gasteiger partial charge in [0.15, 0.2) is 0 Å². The first-order valence-corrected chi connectivity index (χ1v) is 8.21. The SMILES string of the molecule is O=C(NCC(F)F)[C@@]12CC[C@@H](C1)c1cc(-c3ccccc3F)nnc12. The van der Waals surface area contributed by atoms with Gasteiger partial charge in [-0.15, -0.1) is 0 Å². The van der Waals surface area contributed by atoms with Crippen molar-refractivity contribution in [1.29, 1.82) is 0 Å². The Hall–Kier alpha value is -2.44. The van der Waals surface area contributed by atoms with E-state index in [-0.39, 0.29) is 11.7 Å². The maximum Gasteiger partial charge on any atom is 0.255 e. The number of alkyl halides is 2. The number of rotatable bonds is 4. The first-order valence-electron chi connectivity index (χ1n) is 8.21. The highest BCUT2D eigenvalue weighted by molar-refractivity contribution is 5.90. The molecule has 2 aliphatic rings. The highest BCUT2D eigenvalue weighted by Crippen LogP contribution is 2.56. The summed E-state index contributed by atoms with van der Waals surface area (Å²) in [4.78, 5) is 12.5. The summed E-state index contributed by atoms with van der Waals surface area (Å²) in [6.45, 7) is -0.665. The van der Waals surface area contributed by atoms with Gasteiger partial charge < -0.3 is 5.32 Å². The Kier molecular flexibility index (Phi) is 3.74. The number of nitrogens with one attached hydrogen (secondary N) is 1. The lowest BCUT2D eigenvalue weighted by Gasteiger charge is -2.26. The Bertz CT molecular complexity index is 842. The van der Waals surface area contributed by atoms with Crippen molar-refractivity contribution in [2.75, 3.05) is 6.54 Å². The second kappa shape index (κ2) is 5.82. The minimum Gasteiger partial charge on any atom is -0.350 e. The summed E-state index contributed by atoms with van der Waals surface area (Å²) in [5, 5.41) is 10.6. The van der Waals surface area contributed by atoms with Crippen molar-refractivity contribution in [1.82, 2.24) is 15.5 Å². The second-order valence-electron chi connectivity index (χ2n) is 6.64. The molecule has 0 saturated heterocycles. The van der Waals surface area contributed by atoms with E-state index >= 15 is 0 Å². The highest BCUT2D eigenvalue weighted by Gasteiger charge is 2.55. The van der Waals surface area contributed by atoms with E-state index in [0.717, 1.165) is 12.0 Å². The van der Waals surface area contributed by atoms with Crippen LogP contribution in [0.2, 0.25) is 0 Å². The molecule has 1 heterocycles. The van der Waals surface area contributed by atoms with Crippen molar-refractivity contribution in [3.63, 3.8) is 0 Å². The monoisotopic (exact) mass is 347 g/mol. The van der Waals surface area contributed by atoms with Crippen LogP contribution in [0.3, 0.4) is 0 Å². The van der Waals surface area contributed by atoms with Crippen LogP contribution in [0, 0.1) is 5.82 Å². The molecule has 4 nitrogen and oxygen atoms in total. The quantitative estimate of drug-likeness (QED) is 0.924. The molecule has 1 amide bonds. The zero-order valence-corrected chi connectivity index (χ0v) is 13.3. The number of nitrogens with zero attached hydrogens (tertiary/aromatic N) is 2. The van der Waals surface area contributed by atoms with Crippen molar-refractivity contribution < 1.29 is 18.0 Å². The minimum atomic E-state index is -2.59. The number of hydrogen-bond acceptors (Lipinski definition) is 3. The highest BCUT2D eigenvalue weighted by atomic mass is 19.3. The molecule has 1 aromatic carbocycles. The standard InChI is InChI=1S/C18H16F3N3O/c19-13-4-2-1-3-11(13)14-7-12-10-5-6-18(8-10,16(12)24-23-14)17(25)22-9-15(20)21/h1-4,7,10,15H,5-6,8-9H2,(H,22,25)/t10-,18-/m0/s1. The van der Waals surface area contributed by atoms with Crippen molar-refractivity contribution in [3.05, 3.63) is 47.4 Å². The fourth-order valence-corrected chi connectivity index (χ4v) is 4.07. The summed E-state index contributed by atoms with van der Waals surface area (Å²) in [5.74, 6) is -0.667. The molecule has 7 heteroatoms. The number of amides is 1. The number of benzene rings is 1. The van der Waals surface area contributed by atoms with Crippen LogP contribution in [0.5, 0.6) is 0 Å². The molecule has 1 N–H and O–H groups in total. The molecule has 2 aromatic rings. The van der Waals surface area contributed by atoms with Gasteiger partial charge in [-0.1, -0.05) is 12.1 Å². The van der Waals surface area contributed by atoms with E-state index in [2.05, 4.69) is 15.5 Å². The largest absolute Gasteiger partial charge is 0.350 e. The molecule has 1 fully saturated rings. The topological polar surface area (TPSA) is 54.9 Å². The average molecular weight is 347 g/mol. The Morgan fingerprint density at radius 1 is 1.32 bits per heavy atom. The van der Waals surface area contributed by atoms with E-state index in [0.29, 0.717) is 29.8 Å². The summed E-state index contributed by atoms with van der Waals surface area (Å²) >= 11 is 0. The van der Waals surface area contributed by atoms with Gasteiger partial charge in [0, 0.05) is 5.56 Å². The smallest absolute Gasteiger partial charge is 0.255 e. The van der Waals surface area contributed by atoms with Gasteiger partial charge in [-0.3, -0.25) is 4.79 Å². The lowest BCUT2D eigenvalue weighted by Crippen LogP contribution is -2.44. The van der Waals surface area contributed by atoms with Crippen molar-refractivity contribution in [2.45, 2.75) is 37.0 Å². The summed E-state index contributed by atoms with van der Waals surface area (Å²) in [5.41, 5.74) is 1.34. The molecule has 2 bridgehead atoms. The Morgan fingerprint density at radius 2 is 2.12 bits per heavy atom. The third kappa shape index (κ3) is 2.49. The van der Waals surface area contributed by atoms with Gasteiger partial charge in [0.25, 0.3) is 6.43 Å². The molecule has 0 radical (unpaired) electrons. The lowest BCUT2D eigenvalue weighted by molar-refractivity contribution is -0.127. The zero-order chi connectivity index (χ0) is 17.6. The first kappa shape index (κ1) is 16.1. The second-order valence-corrected chi connectivity index (χ2v) is 6.64. The van der Waals surface area contributed by atoms with E-state index < -0.39 is 24.3 Å². The van der Waals surface area contributed by atoms with Crippen LogP contribution in [-0.4, -0.2) is 29.1 Å². The maximum atomic E-state index is 14.0. The van der Waals surface area contributed by atoms with Crippen LogP contribution in [0.25, 0.3) is 11.3 Å². The summed E-state index contributed by atoms with van der Waals surface area (Å²) in [6.07, 6.45) is -0.675.